The van der Waals surface area contributed by atoms with Crippen LogP contribution in [0.25, 0.3) is 0 Å². The Labute approximate surface area is 117 Å². The zero-order chi connectivity index (χ0) is 13.2. The number of hydrogen-bond donors (Lipinski definition) is 1. The lowest BCUT2D eigenvalue weighted by atomic mass is 9.88. The molecule has 0 radical (unpaired) electrons. The zero-order valence-electron chi connectivity index (χ0n) is 12.3. The molecular weight excluding hydrogens is 232 g/mol. The predicted octanol–water partition coefficient (Wildman–Crippen LogP) is 2.81. The van der Waals surface area contributed by atoms with Crippen molar-refractivity contribution in [1.29, 1.82) is 0 Å². The van der Waals surface area contributed by atoms with Gasteiger partial charge in [0.2, 0.25) is 0 Å². The minimum absolute atomic E-state index is 0.841. The molecule has 104 valence electrons. The molecule has 2 heterocycles. The highest BCUT2D eigenvalue weighted by atomic mass is 15.1. The lowest BCUT2D eigenvalue weighted by molar-refractivity contribution is 0.132. The summed E-state index contributed by atoms with van der Waals surface area (Å²) in [7, 11) is 0. The van der Waals surface area contributed by atoms with Gasteiger partial charge in [0.05, 0.1) is 0 Å². The van der Waals surface area contributed by atoms with Gasteiger partial charge in [-0.15, -0.1) is 0 Å². The van der Waals surface area contributed by atoms with Gasteiger partial charge in [-0.05, 0) is 54.5 Å². The van der Waals surface area contributed by atoms with Crippen LogP contribution in [0.5, 0.6) is 0 Å². The molecule has 0 bridgehead atoms. The molecule has 2 atom stereocenters. The molecule has 1 aromatic rings. The van der Waals surface area contributed by atoms with Crippen LogP contribution in [0, 0.1) is 11.8 Å². The molecule has 1 fully saturated rings. The van der Waals surface area contributed by atoms with Crippen molar-refractivity contribution in [3.63, 3.8) is 0 Å². The van der Waals surface area contributed by atoms with E-state index in [9.17, 15) is 0 Å². The van der Waals surface area contributed by atoms with Crippen LogP contribution in [0.2, 0.25) is 0 Å². The van der Waals surface area contributed by atoms with E-state index in [0.29, 0.717) is 0 Å². The largest absolute Gasteiger partial charge is 0.312 e. The fourth-order valence-corrected chi connectivity index (χ4v) is 3.38. The second-order valence-corrected chi connectivity index (χ2v) is 6.51. The van der Waals surface area contributed by atoms with E-state index < -0.39 is 0 Å². The van der Waals surface area contributed by atoms with Crippen LogP contribution in [0.15, 0.2) is 18.2 Å². The highest BCUT2D eigenvalue weighted by molar-refractivity contribution is 5.33. The topological polar surface area (TPSA) is 15.3 Å². The van der Waals surface area contributed by atoms with E-state index in [1.54, 1.807) is 5.56 Å². The van der Waals surface area contributed by atoms with Gasteiger partial charge < -0.3 is 5.32 Å². The van der Waals surface area contributed by atoms with E-state index in [2.05, 4.69) is 42.3 Å². The third-order valence-corrected chi connectivity index (χ3v) is 4.98. The quantitative estimate of drug-likeness (QED) is 0.877. The Morgan fingerprint density at radius 1 is 1.21 bits per heavy atom. The second-order valence-electron chi connectivity index (χ2n) is 6.51. The smallest absolute Gasteiger partial charge is 0.0233 e. The van der Waals surface area contributed by atoms with Crippen LogP contribution < -0.4 is 5.32 Å². The fraction of sp³-hybridized carbons (Fsp3) is 0.647. The Hall–Kier alpha value is -0.860. The maximum Gasteiger partial charge on any atom is 0.0233 e. The monoisotopic (exact) mass is 258 g/mol. The van der Waals surface area contributed by atoms with E-state index >= 15 is 0 Å². The van der Waals surface area contributed by atoms with Crippen molar-refractivity contribution in [3.8, 4) is 0 Å². The fourth-order valence-electron chi connectivity index (χ4n) is 3.38. The Bertz CT molecular complexity index is 441. The van der Waals surface area contributed by atoms with Gasteiger partial charge in [-0.25, -0.2) is 0 Å². The number of hydrogen-bond acceptors (Lipinski definition) is 2. The molecular formula is C17H26N2. The van der Waals surface area contributed by atoms with E-state index in [1.165, 1.54) is 37.1 Å². The summed E-state index contributed by atoms with van der Waals surface area (Å²) < 4.78 is 0. The summed E-state index contributed by atoms with van der Waals surface area (Å²) >= 11 is 0. The number of nitrogens with zero attached hydrogens (tertiary/aromatic N) is 1. The molecule has 1 N–H and O–H groups in total. The number of nitrogens with one attached hydrogen (secondary N) is 1. The zero-order valence-corrected chi connectivity index (χ0v) is 12.3. The summed E-state index contributed by atoms with van der Waals surface area (Å²) in [5.74, 6) is 1.73. The van der Waals surface area contributed by atoms with Crippen molar-refractivity contribution in [3.05, 3.63) is 34.9 Å². The Balaban J connectivity index is 1.66. The van der Waals surface area contributed by atoms with E-state index in [-0.39, 0.29) is 0 Å². The van der Waals surface area contributed by atoms with Crippen molar-refractivity contribution in [2.75, 3.05) is 19.6 Å². The molecule has 2 nitrogen and oxygen atoms in total. The molecule has 2 heteroatoms. The maximum atomic E-state index is 3.47. The molecule has 0 saturated carbocycles. The Morgan fingerprint density at radius 2 is 2.11 bits per heavy atom. The minimum Gasteiger partial charge on any atom is -0.312 e. The number of likely N-dealkylation sites (tertiary alicyclic amines) is 1. The first-order chi connectivity index (χ1) is 9.22. The third kappa shape index (κ3) is 3.01. The van der Waals surface area contributed by atoms with Crippen molar-refractivity contribution in [2.24, 2.45) is 11.8 Å². The van der Waals surface area contributed by atoms with Crippen molar-refractivity contribution >= 4 is 0 Å². The van der Waals surface area contributed by atoms with Crippen LogP contribution in [0.4, 0.5) is 0 Å². The highest BCUT2D eigenvalue weighted by Gasteiger charge is 2.22. The number of rotatable bonds is 2. The first-order valence-corrected chi connectivity index (χ1v) is 7.76. The van der Waals surface area contributed by atoms with Crippen LogP contribution >= 0.6 is 0 Å². The van der Waals surface area contributed by atoms with E-state index in [0.717, 1.165) is 31.5 Å². The molecule has 0 spiro atoms. The molecule has 2 aliphatic rings. The van der Waals surface area contributed by atoms with Gasteiger partial charge in [-0.2, -0.15) is 0 Å². The maximum absolute atomic E-state index is 3.47. The van der Waals surface area contributed by atoms with Crippen LogP contribution in [0.3, 0.4) is 0 Å². The predicted molar refractivity (Wildman–Crippen MR) is 80.1 cm³/mol. The number of benzene rings is 1. The summed E-state index contributed by atoms with van der Waals surface area (Å²) in [4.78, 5) is 2.63. The molecule has 0 amide bonds. The van der Waals surface area contributed by atoms with Gasteiger partial charge in [0.25, 0.3) is 0 Å². The summed E-state index contributed by atoms with van der Waals surface area (Å²) in [6.07, 6.45) is 2.54. The average molecular weight is 258 g/mol. The lowest BCUT2D eigenvalue weighted by Crippen LogP contribution is -2.37. The highest BCUT2D eigenvalue weighted by Crippen LogP contribution is 2.24. The van der Waals surface area contributed by atoms with E-state index in [4.69, 9.17) is 0 Å². The van der Waals surface area contributed by atoms with Gasteiger partial charge in [0, 0.05) is 19.6 Å². The van der Waals surface area contributed by atoms with Crippen LogP contribution in [-0.4, -0.2) is 24.5 Å². The summed E-state index contributed by atoms with van der Waals surface area (Å²) in [6, 6.07) is 7.11. The molecule has 3 rings (SSSR count). The summed E-state index contributed by atoms with van der Waals surface area (Å²) in [5, 5.41) is 3.47. The number of fused-ring (bicyclic) bond motifs is 1. The first kappa shape index (κ1) is 13.1. The van der Waals surface area contributed by atoms with Crippen molar-refractivity contribution < 1.29 is 0 Å². The van der Waals surface area contributed by atoms with E-state index in [1.807, 2.05) is 0 Å². The molecule has 0 aliphatic carbocycles. The van der Waals surface area contributed by atoms with Gasteiger partial charge in [0.15, 0.2) is 0 Å². The standard InChI is InChI=1S/C17H26N2/c1-13-6-8-19(11-14(13)2)12-15-3-4-16-5-7-18-10-17(16)9-15/h3-4,9,13-14,18H,5-8,10-12H2,1-2H3. The van der Waals surface area contributed by atoms with Crippen molar-refractivity contribution in [2.45, 2.75) is 39.8 Å². The Kier molecular flexibility index (Phi) is 3.90. The normalized spacial score (nSPS) is 28.1. The van der Waals surface area contributed by atoms with Gasteiger partial charge in [-0.1, -0.05) is 32.0 Å². The SMILES string of the molecule is CC1CCN(Cc2ccc3c(c2)CNCC3)CC1C. The molecule has 2 aliphatic heterocycles. The second kappa shape index (κ2) is 5.64. The molecule has 1 aromatic carbocycles. The van der Waals surface area contributed by atoms with Gasteiger partial charge in [0.1, 0.15) is 0 Å². The molecule has 1 saturated heterocycles. The lowest BCUT2D eigenvalue weighted by Gasteiger charge is -2.35. The molecule has 2 unspecified atom stereocenters. The van der Waals surface area contributed by atoms with Gasteiger partial charge in [-0.3, -0.25) is 4.90 Å². The average Bonchev–Trinajstić information content (AvgIpc) is 2.43. The third-order valence-electron chi connectivity index (χ3n) is 4.98. The first-order valence-electron chi connectivity index (χ1n) is 7.76. The van der Waals surface area contributed by atoms with Crippen LogP contribution in [0.1, 0.15) is 37.0 Å². The van der Waals surface area contributed by atoms with Crippen LogP contribution in [-0.2, 0) is 19.5 Å². The van der Waals surface area contributed by atoms with Crippen molar-refractivity contribution in [1.82, 2.24) is 10.2 Å². The molecule has 19 heavy (non-hydrogen) atoms. The van der Waals surface area contributed by atoms with Gasteiger partial charge >= 0.3 is 0 Å². The minimum atomic E-state index is 0.841. The Morgan fingerprint density at radius 3 is 2.95 bits per heavy atom. The summed E-state index contributed by atoms with van der Waals surface area (Å²) in [6.45, 7) is 10.6. The number of piperidine rings is 1. The molecule has 0 aromatic heterocycles. The summed E-state index contributed by atoms with van der Waals surface area (Å²) in [5.41, 5.74) is 4.55.